The van der Waals surface area contributed by atoms with Crippen molar-refractivity contribution in [3.63, 3.8) is 0 Å². The van der Waals surface area contributed by atoms with Gasteiger partial charge < -0.3 is 24.8 Å². The van der Waals surface area contributed by atoms with Crippen LogP contribution in [0.25, 0.3) is 0 Å². The Kier molecular flexibility index (Phi) is 14.6. The zero-order valence-electron chi connectivity index (χ0n) is 15.2. The summed E-state index contributed by atoms with van der Waals surface area (Å²) in [6.07, 6.45) is 0. The van der Waals surface area contributed by atoms with Crippen molar-refractivity contribution in [2.75, 3.05) is 0 Å². The van der Waals surface area contributed by atoms with Gasteiger partial charge in [-0.1, -0.05) is 127 Å². The van der Waals surface area contributed by atoms with Gasteiger partial charge in [0.25, 0.3) is 0 Å². The van der Waals surface area contributed by atoms with E-state index in [-0.39, 0.29) is 44.3 Å². The standard InChI is InChI=1S/C18H15P.C6H6.2ClH.Ru/c1-4-10-16(11-5-1)19(17-12-6-2-7-13-17)18-14-8-3-9-15-18;1-2-4-6-5-3-1;;;/h1-15H;1-6H;2*1H;/q;;;;+2/p-2. The number of rotatable bonds is 3. The second kappa shape index (κ2) is 15.4. The Balaban J connectivity index is 0.000000704. The molecular formula is C24H21Cl2PRu. The topological polar surface area (TPSA) is 0 Å². The van der Waals surface area contributed by atoms with E-state index < -0.39 is 7.92 Å². The van der Waals surface area contributed by atoms with Crippen molar-refractivity contribution in [2.24, 2.45) is 0 Å². The maximum atomic E-state index is 2.23. The Bertz CT molecular complexity index is 724. The third-order valence-electron chi connectivity index (χ3n) is 3.71. The molecule has 0 radical (unpaired) electrons. The van der Waals surface area contributed by atoms with Gasteiger partial charge in [0.15, 0.2) is 0 Å². The molecule has 4 aromatic carbocycles. The fourth-order valence-corrected chi connectivity index (χ4v) is 4.87. The SMILES string of the molecule is [Cl-].[Cl-].[Ru+2].c1ccc(P(c2ccccc2)c2ccccc2)cc1.c1ccccc1. The van der Waals surface area contributed by atoms with Crippen molar-refractivity contribution in [3.8, 4) is 0 Å². The van der Waals surface area contributed by atoms with Gasteiger partial charge in [-0.2, -0.15) is 0 Å². The predicted octanol–water partition coefficient (Wildman–Crippen LogP) is -0.863. The van der Waals surface area contributed by atoms with Crippen LogP contribution in [-0.2, 0) is 19.5 Å². The van der Waals surface area contributed by atoms with E-state index in [1.54, 1.807) is 0 Å². The van der Waals surface area contributed by atoms with Crippen LogP contribution in [0.3, 0.4) is 0 Å². The Morgan fingerprint density at radius 3 is 0.714 bits per heavy atom. The summed E-state index contributed by atoms with van der Waals surface area (Å²) in [5.41, 5.74) is 0. The van der Waals surface area contributed by atoms with E-state index in [2.05, 4.69) is 91.0 Å². The fourth-order valence-electron chi connectivity index (χ4n) is 2.56. The minimum absolute atomic E-state index is 0. The third kappa shape index (κ3) is 8.26. The van der Waals surface area contributed by atoms with Crippen LogP contribution in [0.2, 0.25) is 0 Å². The molecule has 0 bridgehead atoms. The molecule has 0 amide bonds. The van der Waals surface area contributed by atoms with Crippen LogP contribution in [0, 0.1) is 0 Å². The average molecular weight is 512 g/mol. The van der Waals surface area contributed by atoms with Gasteiger partial charge in [-0.3, -0.25) is 0 Å². The maximum absolute atomic E-state index is 2.23. The summed E-state index contributed by atoms with van der Waals surface area (Å²) in [5.74, 6) is 0. The van der Waals surface area contributed by atoms with E-state index in [4.69, 9.17) is 0 Å². The summed E-state index contributed by atoms with van der Waals surface area (Å²) < 4.78 is 0. The molecule has 0 aliphatic rings. The Morgan fingerprint density at radius 1 is 0.321 bits per heavy atom. The van der Waals surface area contributed by atoms with Gasteiger partial charge in [-0.15, -0.1) is 0 Å². The molecule has 28 heavy (non-hydrogen) atoms. The Morgan fingerprint density at radius 2 is 0.500 bits per heavy atom. The van der Waals surface area contributed by atoms with E-state index in [9.17, 15) is 0 Å². The smallest absolute Gasteiger partial charge is 1.00 e. The molecule has 0 heterocycles. The van der Waals surface area contributed by atoms with E-state index in [1.807, 2.05) is 36.4 Å². The summed E-state index contributed by atoms with van der Waals surface area (Å²) >= 11 is 0. The molecule has 4 aromatic rings. The molecule has 0 spiro atoms. The Hall–Kier alpha value is -1.49. The zero-order valence-corrected chi connectivity index (χ0v) is 19.3. The monoisotopic (exact) mass is 512 g/mol. The summed E-state index contributed by atoms with van der Waals surface area (Å²) in [7, 11) is -0.446. The molecule has 0 aliphatic carbocycles. The van der Waals surface area contributed by atoms with E-state index in [0.717, 1.165) is 0 Å². The average Bonchev–Trinajstić information content (AvgIpc) is 2.72. The first-order valence-corrected chi connectivity index (χ1v) is 9.74. The van der Waals surface area contributed by atoms with Crippen molar-refractivity contribution < 1.29 is 44.3 Å². The molecule has 144 valence electrons. The summed E-state index contributed by atoms with van der Waals surface area (Å²) in [5, 5.41) is 4.19. The van der Waals surface area contributed by atoms with Crippen LogP contribution in [0.1, 0.15) is 0 Å². The fraction of sp³-hybridized carbons (Fsp3) is 0. The third-order valence-corrected chi connectivity index (χ3v) is 6.15. The normalized spacial score (nSPS) is 8.89. The largest absolute Gasteiger partial charge is 2.00 e. The first-order valence-electron chi connectivity index (χ1n) is 8.40. The molecule has 0 nitrogen and oxygen atoms in total. The van der Waals surface area contributed by atoms with Gasteiger partial charge in [0.05, 0.1) is 0 Å². The van der Waals surface area contributed by atoms with Crippen molar-refractivity contribution in [2.45, 2.75) is 0 Å². The second-order valence-corrected chi connectivity index (χ2v) is 7.72. The molecule has 0 aliphatic heterocycles. The molecule has 0 saturated carbocycles. The minimum atomic E-state index is -0.446. The van der Waals surface area contributed by atoms with Crippen LogP contribution in [0.15, 0.2) is 127 Å². The first-order chi connectivity index (χ1) is 12.4. The Labute approximate surface area is 194 Å². The molecule has 0 fully saturated rings. The maximum Gasteiger partial charge on any atom is 2.00 e. The molecule has 0 unspecified atom stereocenters. The number of halogens is 2. The van der Waals surface area contributed by atoms with Crippen molar-refractivity contribution in [3.05, 3.63) is 127 Å². The van der Waals surface area contributed by atoms with Crippen LogP contribution in [-0.4, -0.2) is 0 Å². The van der Waals surface area contributed by atoms with E-state index >= 15 is 0 Å². The molecule has 0 N–H and O–H groups in total. The van der Waals surface area contributed by atoms with Crippen LogP contribution in [0.4, 0.5) is 0 Å². The summed E-state index contributed by atoms with van der Waals surface area (Å²) in [6, 6.07) is 44.3. The van der Waals surface area contributed by atoms with Crippen molar-refractivity contribution in [1.82, 2.24) is 0 Å². The minimum Gasteiger partial charge on any atom is -1.00 e. The van der Waals surface area contributed by atoms with Gasteiger partial charge in [0, 0.05) is 0 Å². The molecule has 0 aromatic heterocycles. The van der Waals surface area contributed by atoms with Gasteiger partial charge >= 0.3 is 19.5 Å². The second-order valence-electron chi connectivity index (χ2n) is 5.50. The quantitative estimate of drug-likeness (QED) is 0.248. The van der Waals surface area contributed by atoms with Gasteiger partial charge in [-0.05, 0) is 23.8 Å². The zero-order chi connectivity index (χ0) is 17.2. The predicted molar refractivity (Wildman–Crippen MR) is 112 cm³/mol. The number of benzene rings is 4. The van der Waals surface area contributed by atoms with Gasteiger partial charge in [-0.25, -0.2) is 0 Å². The number of hydrogen-bond acceptors (Lipinski definition) is 0. The molecule has 0 saturated heterocycles. The summed E-state index contributed by atoms with van der Waals surface area (Å²) in [6.45, 7) is 0. The van der Waals surface area contributed by atoms with E-state index in [0.29, 0.717) is 0 Å². The van der Waals surface area contributed by atoms with Crippen LogP contribution >= 0.6 is 7.92 Å². The molecule has 0 atom stereocenters. The number of hydrogen-bond donors (Lipinski definition) is 0. The van der Waals surface area contributed by atoms with Crippen molar-refractivity contribution in [1.29, 1.82) is 0 Å². The van der Waals surface area contributed by atoms with Gasteiger partial charge in [0.1, 0.15) is 0 Å². The first kappa shape index (κ1) is 26.5. The molecule has 4 heteroatoms. The summed E-state index contributed by atoms with van der Waals surface area (Å²) in [4.78, 5) is 0. The van der Waals surface area contributed by atoms with Crippen LogP contribution in [0.5, 0.6) is 0 Å². The molecular weight excluding hydrogens is 491 g/mol. The molecule has 4 rings (SSSR count). The van der Waals surface area contributed by atoms with Crippen LogP contribution < -0.4 is 40.7 Å². The van der Waals surface area contributed by atoms with Crippen molar-refractivity contribution >= 4 is 23.8 Å². The van der Waals surface area contributed by atoms with E-state index in [1.165, 1.54) is 15.9 Å². The van der Waals surface area contributed by atoms with Gasteiger partial charge in [0.2, 0.25) is 0 Å².